The Balaban J connectivity index is 1.86. The first-order valence-electron chi connectivity index (χ1n) is 8.99. The van der Waals surface area contributed by atoms with Gasteiger partial charge in [-0.3, -0.25) is 4.79 Å². The van der Waals surface area contributed by atoms with Crippen LogP contribution in [0.15, 0.2) is 83.8 Å². The zero-order chi connectivity index (χ0) is 18.0. The Labute approximate surface area is 154 Å². The van der Waals surface area contributed by atoms with Crippen molar-refractivity contribution in [2.75, 3.05) is 0 Å². The summed E-state index contributed by atoms with van der Waals surface area (Å²) in [7, 11) is 0. The predicted octanol–water partition coefficient (Wildman–Crippen LogP) is 4.50. The van der Waals surface area contributed by atoms with Crippen LogP contribution in [0.25, 0.3) is 33.2 Å². The Bertz CT molecular complexity index is 1400. The standard InChI is InChI=1S/C23H15N3O/c27-23-15-9-4-5-12-19(15)26-21(14-7-2-1-3-8-14)17-13-24-18-11-6-10-16(20(17)18)22(26)25-23/h1-13,21,24H. The molecule has 0 amide bonds. The number of aromatic nitrogens is 3. The lowest BCUT2D eigenvalue weighted by Gasteiger charge is -2.30. The van der Waals surface area contributed by atoms with Gasteiger partial charge < -0.3 is 9.55 Å². The number of rotatable bonds is 1. The highest BCUT2D eigenvalue weighted by molar-refractivity contribution is 5.99. The molecule has 0 saturated heterocycles. The highest BCUT2D eigenvalue weighted by atomic mass is 16.1. The van der Waals surface area contributed by atoms with Crippen LogP contribution in [0.2, 0.25) is 0 Å². The highest BCUT2D eigenvalue weighted by Crippen LogP contribution is 2.44. The molecule has 5 aromatic rings. The highest BCUT2D eigenvalue weighted by Gasteiger charge is 2.31. The van der Waals surface area contributed by atoms with E-state index in [9.17, 15) is 4.79 Å². The van der Waals surface area contributed by atoms with Crippen LogP contribution in [-0.4, -0.2) is 14.5 Å². The lowest BCUT2D eigenvalue weighted by molar-refractivity contribution is 0.689. The van der Waals surface area contributed by atoms with E-state index in [1.165, 1.54) is 11.1 Å². The van der Waals surface area contributed by atoms with Crippen molar-refractivity contribution < 1.29 is 0 Å². The molecule has 0 saturated carbocycles. The van der Waals surface area contributed by atoms with Crippen LogP contribution < -0.4 is 5.56 Å². The molecule has 0 radical (unpaired) electrons. The average molecular weight is 349 g/mol. The Morgan fingerprint density at radius 1 is 0.889 bits per heavy atom. The molecule has 1 N–H and O–H groups in total. The molecule has 27 heavy (non-hydrogen) atoms. The first-order valence-corrected chi connectivity index (χ1v) is 8.99. The lowest BCUT2D eigenvalue weighted by atomic mass is 9.91. The summed E-state index contributed by atoms with van der Waals surface area (Å²) in [5.41, 5.74) is 5.17. The quantitative estimate of drug-likeness (QED) is 0.475. The van der Waals surface area contributed by atoms with Gasteiger partial charge in [0.2, 0.25) is 0 Å². The molecule has 0 aliphatic carbocycles. The molecule has 2 aromatic heterocycles. The Morgan fingerprint density at radius 2 is 1.70 bits per heavy atom. The fourth-order valence-corrected chi connectivity index (χ4v) is 4.36. The summed E-state index contributed by atoms with van der Waals surface area (Å²) in [6.45, 7) is 0. The molecule has 128 valence electrons. The second kappa shape index (κ2) is 5.17. The fourth-order valence-electron chi connectivity index (χ4n) is 4.36. The van der Waals surface area contributed by atoms with Crippen molar-refractivity contribution >= 4 is 21.8 Å². The Hall–Kier alpha value is -3.66. The van der Waals surface area contributed by atoms with Gasteiger partial charge in [0.15, 0.2) is 0 Å². The Kier molecular flexibility index (Phi) is 2.78. The van der Waals surface area contributed by atoms with Crippen LogP contribution in [0.4, 0.5) is 0 Å². The number of H-pyrrole nitrogens is 1. The third-order valence-electron chi connectivity index (χ3n) is 5.47. The summed E-state index contributed by atoms with van der Waals surface area (Å²) in [6, 6.07) is 24.2. The maximum atomic E-state index is 12.7. The smallest absolute Gasteiger partial charge is 0.281 e. The van der Waals surface area contributed by atoms with Crippen molar-refractivity contribution in [2.45, 2.75) is 6.04 Å². The van der Waals surface area contributed by atoms with Gasteiger partial charge in [0, 0.05) is 28.2 Å². The largest absolute Gasteiger partial charge is 0.361 e. The number of hydrogen-bond donors (Lipinski definition) is 1. The van der Waals surface area contributed by atoms with Crippen molar-refractivity contribution in [2.24, 2.45) is 0 Å². The number of nitrogens with one attached hydrogen (secondary N) is 1. The van der Waals surface area contributed by atoms with Crippen LogP contribution in [0.5, 0.6) is 0 Å². The molecule has 0 spiro atoms. The zero-order valence-corrected chi connectivity index (χ0v) is 14.4. The SMILES string of the molecule is O=c1nc2n(c3ccccc13)C(c1ccccc1)c1c[nH]c3cccc-2c13. The van der Waals surface area contributed by atoms with Crippen LogP contribution in [0, 0.1) is 0 Å². The molecule has 6 rings (SSSR count). The lowest BCUT2D eigenvalue weighted by Crippen LogP contribution is -2.24. The molecule has 1 aliphatic heterocycles. The minimum Gasteiger partial charge on any atom is -0.361 e. The second-order valence-electron chi connectivity index (χ2n) is 6.91. The van der Waals surface area contributed by atoms with Gasteiger partial charge in [-0.1, -0.05) is 54.6 Å². The molecule has 0 fully saturated rings. The van der Waals surface area contributed by atoms with E-state index < -0.39 is 0 Å². The predicted molar refractivity (Wildman–Crippen MR) is 107 cm³/mol. The summed E-state index contributed by atoms with van der Waals surface area (Å²) in [6.07, 6.45) is 2.08. The second-order valence-corrected chi connectivity index (χ2v) is 6.91. The molecule has 3 heterocycles. The van der Waals surface area contributed by atoms with Gasteiger partial charge in [-0.25, -0.2) is 0 Å². The van der Waals surface area contributed by atoms with Crippen LogP contribution >= 0.6 is 0 Å². The van der Waals surface area contributed by atoms with E-state index >= 15 is 0 Å². The summed E-state index contributed by atoms with van der Waals surface area (Å²) in [5, 5.41) is 1.79. The Morgan fingerprint density at radius 3 is 2.59 bits per heavy atom. The number of benzene rings is 3. The van der Waals surface area contributed by atoms with Crippen molar-refractivity contribution in [1.29, 1.82) is 0 Å². The van der Waals surface area contributed by atoms with E-state index in [0.717, 1.165) is 27.8 Å². The van der Waals surface area contributed by atoms with Gasteiger partial charge in [0.05, 0.1) is 16.9 Å². The van der Waals surface area contributed by atoms with E-state index in [1.807, 2.05) is 42.5 Å². The zero-order valence-electron chi connectivity index (χ0n) is 14.4. The molecule has 3 aromatic carbocycles. The van der Waals surface area contributed by atoms with E-state index in [4.69, 9.17) is 0 Å². The summed E-state index contributed by atoms with van der Waals surface area (Å²) in [5.74, 6) is 0.727. The van der Waals surface area contributed by atoms with Crippen LogP contribution in [0.3, 0.4) is 0 Å². The number of fused-ring (bicyclic) bond motifs is 4. The van der Waals surface area contributed by atoms with E-state index in [0.29, 0.717) is 5.39 Å². The third-order valence-corrected chi connectivity index (χ3v) is 5.47. The number of aromatic amines is 1. The van der Waals surface area contributed by atoms with Crippen molar-refractivity contribution in [3.8, 4) is 11.4 Å². The van der Waals surface area contributed by atoms with Crippen LogP contribution in [-0.2, 0) is 0 Å². The van der Waals surface area contributed by atoms with Crippen molar-refractivity contribution in [3.05, 3.63) is 100 Å². The minimum absolute atomic E-state index is 0.0390. The van der Waals surface area contributed by atoms with E-state index in [2.05, 4.69) is 51.1 Å². The van der Waals surface area contributed by atoms with Gasteiger partial charge in [-0.15, -0.1) is 0 Å². The van der Waals surface area contributed by atoms with Crippen molar-refractivity contribution in [1.82, 2.24) is 14.5 Å². The molecule has 4 heteroatoms. The monoisotopic (exact) mass is 349 g/mol. The van der Waals surface area contributed by atoms with Gasteiger partial charge in [-0.2, -0.15) is 4.98 Å². The minimum atomic E-state index is -0.181. The number of para-hydroxylation sites is 1. The fraction of sp³-hybridized carbons (Fsp3) is 0.0435. The topological polar surface area (TPSA) is 50.7 Å². The van der Waals surface area contributed by atoms with Gasteiger partial charge in [0.25, 0.3) is 5.56 Å². The van der Waals surface area contributed by atoms with E-state index in [1.54, 1.807) is 0 Å². The first-order chi connectivity index (χ1) is 13.3. The van der Waals surface area contributed by atoms with Crippen molar-refractivity contribution in [3.63, 3.8) is 0 Å². The van der Waals surface area contributed by atoms with E-state index in [-0.39, 0.29) is 11.6 Å². The molecular formula is C23H15N3O. The maximum absolute atomic E-state index is 12.7. The molecule has 4 nitrogen and oxygen atoms in total. The third kappa shape index (κ3) is 1.87. The molecule has 0 bridgehead atoms. The number of hydrogen-bond acceptors (Lipinski definition) is 2. The summed E-state index contributed by atoms with van der Waals surface area (Å²) in [4.78, 5) is 20.6. The van der Waals surface area contributed by atoms with Gasteiger partial charge in [0.1, 0.15) is 5.82 Å². The maximum Gasteiger partial charge on any atom is 0.281 e. The first kappa shape index (κ1) is 14.5. The van der Waals surface area contributed by atoms with Gasteiger partial charge >= 0.3 is 0 Å². The molecule has 1 aliphatic rings. The van der Waals surface area contributed by atoms with Crippen LogP contribution in [0.1, 0.15) is 17.2 Å². The summed E-state index contributed by atoms with van der Waals surface area (Å²) < 4.78 is 2.21. The molecular weight excluding hydrogens is 334 g/mol. The normalized spacial score (nSPS) is 15.2. The average Bonchev–Trinajstić information content (AvgIpc) is 3.15. The molecule has 1 unspecified atom stereocenters. The summed E-state index contributed by atoms with van der Waals surface area (Å²) >= 11 is 0. The number of nitrogens with zero attached hydrogens (tertiary/aromatic N) is 2. The van der Waals surface area contributed by atoms with Gasteiger partial charge in [-0.05, 0) is 23.8 Å². The molecule has 1 atom stereocenters.